The van der Waals surface area contributed by atoms with Crippen LogP contribution in [0.5, 0.6) is 5.75 Å². The normalized spacial score (nSPS) is 11.0. The highest BCUT2D eigenvalue weighted by Gasteiger charge is 2.04. The predicted octanol–water partition coefficient (Wildman–Crippen LogP) is 6.17. The SMILES string of the molecule is O=C(/C=C/c1ccc(COc2cccc(Cl)c2)o1)c1cccc(Br)c1. The third kappa shape index (κ3) is 5.08. The lowest BCUT2D eigenvalue weighted by Crippen LogP contribution is -1.93. The van der Waals surface area contributed by atoms with Crippen LogP contribution in [0.3, 0.4) is 0 Å². The summed E-state index contributed by atoms with van der Waals surface area (Å²) >= 11 is 9.27. The zero-order valence-electron chi connectivity index (χ0n) is 13.1. The van der Waals surface area contributed by atoms with Crippen LogP contribution in [-0.4, -0.2) is 5.78 Å². The Kier molecular flexibility index (Phi) is 5.74. The van der Waals surface area contributed by atoms with E-state index < -0.39 is 0 Å². The predicted molar refractivity (Wildman–Crippen MR) is 102 cm³/mol. The van der Waals surface area contributed by atoms with Crippen molar-refractivity contribution < 1.29 is 13.9 Å². The number of allylic oxidation sites excluding steroid dienone is 1. The lowest BCUT2D eigenvalue weighted by atomic mass is 10.1. The minimum atomic E-state index is -0.0885. The Morgan fingerprint density at radius 2 is 1.96 bits per heavy atom. The summed E-state index contributed by atoms with van der Waals surface area (Å²) in [6.45, 7) is 0.285. The van der Waals surface area contributed by atoms with Crippen LogP contribution in [0.1, 0.15) is 21.9 Å². The molecule has 5 heteroatoms. The average molecular weight is 418 g/mol. The van der Waals surface area contributed by atoms with Gasteiger partial charge in [-0.2, -0.15) is 0 Å². The first kappa shape index (κ1) is 17.5. The summed E-state index contributed by atoms with van der Waals surface area (Å²) < 4.78 is 12.1. The molecule has 3 nitrogen and oxygen atoms in total. The second kappa shape index (κ2) is 8.19. The third-order valence-electron chi connectivity index (χ3n) is 3.37. The van der Waals surface area contributed by atoms with Gasteiger partial charge in [0.25, 0.3) is 0 Å². The fourth-order valence-electron chi connectivity index (χ4n) is 2.17. The molecule has 3 rings (SSSR count). The number of ether oxygens (including phenoxy) is 1. The van der Waals surface area contributed by atoms with Gasteiger partial charge in [-0.25, -0.2) is 0 Å². The monoisotopic (exact) mass is 416 g/mol. The minimum Gasteiger partial charge on any atom is -0.486 e. The van der Waals surface area contributed by atoms with Crippen LogP contribution < -0.4 is 4.74 Å². The van der Waals surface area contributed by atoms with E-state index in [-0.39, 0.29) is 12.4 Å². The summed E-state index contributed by atoms with van der Waals surface area (Å²) in [5, 5.41) is 0.617. The smallest absolute Gasteiger partial charge is 0.186 e. The molecule has 0 bridgehead atoms. The summed E-state index contributed by atoms with van der Waals surface area (Å²) in [4.78, 5) is 12.1. The number of hydrogen-bond donors (Lipinski definition) is 0. The molecule has 1 heterocycles. The molecule has 25 heavy (non-hydrogen) atoms. The van der Waals surface area contributed by atoms with E-state index in [0.717, 1.165) is 4.47 Å². The van der Waals surface area contributed by atoms with Crippen LogP contribution in [0.2, 0.25) is 5.02 Å². The van der Waals surface area contributed by atoms with Crippen molar-refractivity contribution in [3.05, 3.63) is 93.3 Å². The van der Waals surface area contributed by atoms with Crippen molar-refractivity contribution in [1.29, 1.82) is 0 Å². The van der Waals surface area contributed by atoms with Crippen LogP contribution in [-0.2, 0) is 6.61 Å². The first-order valence-corrected chi connectivity index (χ1v) is 8.72. The fourth-order valence-corrected chi connectivity index (χ4v) is 2.75. The summed E-state index contributed by atoms with van der Waals surface area (Å²) in [6.07, 6.45) is 3.13. The molecule has 0 saturated carbocycles. The number of halogens is 2. The number of benzene rings is 2. The molecule has 0 amide bonds. The van der Waals surface area contributed by atoms with Gasteiger partial charge in [0.15, 0.2) is 5.78 Å². The maximum absolute atomic E-state index is 12.1. The Bertz CT molecular complexity index is 915. The Morgan fingerprint density at radius 3 is 2.76 bits per heavy atom. The number of carbonyl (C=O) groups excluding carboxylic acids is 1. The second-order valence-corrected chi connectivity index (χ2v) is 6.61. The molecular formula is C20H14BrClO3. The van der Waals surface area contributed by atoms with Gasteiger partial charge in [0.1, 0.15) is 23.9 Å². The number of furan rings is 1. The topological polar surface area (TPSA) is 39.4 Å². The van der Waals surface area contributed by atoms with Crippen LogP contribution >= 0.6 is 27.5 Å². The highest BCUT2D eigenvalue weighted by atomic mass is 79.9. The van der Waals surface area contributed by atoms with Crippen molar-refractivity contribution in [3.8, 4) is 5.75 Å². The molecule has 0 spiro atoms. The average Bonchev–Trinajstić information content (AvgIpc) is 3.06. The first-order chi connectivity index (χ1) is 12.1. The highest BCUT2D eigenvalue weighted by molar-refractivity contribution is 9.10. The molecule has 0 radical (unpaired) electrons. The van der Waals surface area contributed by atoms with Gasteiger partial charge in [-0.1, -0.05) is 45.7 Å². The Hall–Kier alpha value is -2.30. The van der Waals surface area contributed by atoms with Crippen molar-refractivity contribution in [2.45, 2.75) is 6.61 Å². The molecule has 1 aromatic heterocycles. The summed E-state index contributed by atoms with van der Waals surface area (Å²) in [6, 6.07) is 18.0. The summed E-state index contributed by atoms with van der Waals surface area (Å²) in [5.41, 5.74) is 0.613. The molecule has 0 atom stereocenters. The molecule has 2 aromatic carbocycles. The van der Waals surface area contributed by atoms with Crippen LogP contribution in [0.15, 0.2) is 75.6 Å². The number of hydrogen-bond acceptors (Lipinski definition) is 3. The molecule has 0 aliphatic heterocycles. The van der Waals surface area contributed by atoms with Gasteiger partial charge in [-0.3, -0.25) is 4.79 Å². The van der Waals surface area contributed by atoms with E-state index >= 15 is 0 Å². The van der Waals surface area contributed by atoms with Gasteiger partial charge in [-0.05, 0) is 54.6 Å². The molecule has 0 N–H and O–H groups in total. The van der Waals surface area contributed by atoms with Crippen LogP contribution in [0, 0.1) is 0 Å². The van der Waals surface area contributed by atoms with E-state index in [2.05, 4.69) is 15.9 Å². The van der Waals surface area contributed by atoms with Crippen molar-refractivity contribution in [3.63, 3.8) is 0 Å². The van der Waals surface area contributed by atoms with Gasteiger partial charge < -0.3 is 9.15 Å². The standard InChI is InChI=1S/C20H14BrClO3/c21-15-4-1-3-14(11-15)20(23)10-9-17-7-8-19(25-17)13-24-18-6-2-5-16(22)12-18/h1-12H,13H2/b10-9+. The first-order valence-electron chi connectivity index (χ1n) is 7.55. The molecule has 0 aliphatic rings. The highest BCUT2D eigenvalue weighted by Crippen LogP contribution is 2.19. The second-order valence-electron chi connectivity index (χ2n) is 5.26. The largest absolute Gasteiger partial charge is 0.486 e. The van der Waals surface area contributed by atoms with Gasteiger partial charge in [0.2, 0.25) is 0 Å². The van der Waals surface area contributed by atoms with Crippen molar-refractivity contribution in [1.82, 2.24) is 0 Å². The summed E-state index contributed by atoms with van der Waals surface area (Å²) in [5.74, 6) is 1.84. The van der Waals surface area contributed by atoms with E-state index in [1.165, 1.54) is 6.08 Å². The van der Waals surface area contributed by atoms with E-state index in [0.29, 0.717) is 27.9 Å². The summed E-state index contributed by atoms with van der Waals surface area (Å²) in [7, 11) is 0. The Labute approximate surface area is 159 Å². The van der Waals surface area contributed by atoms with E-state index in [4.69, 9.17) is 20.8 Å². The minimum absolute atomic E-state index is 0.0885. The van der Waals surface area contributed by atoms with Gasteiger partial charge in [0, 0.05) is 15.1 Å². The lowest BCUT2D eigenvalue weighted by Gasteiger charge is -2.03. The van der Waals surface area contributed by atoms with Gasteiger partial charge in [-0.15, -0.1) is 0 Å². The van der Waals surface area contributed by atoms with Gasteiger partial charge in [0.05, 0.1) is 0 Å². The molecule has 3 aromatic rings. The quantitative estimate of drug-likeness (QED) is 0.355. The Balaban J connectivity index is 1.60. The van der Waals surface area contributed by atoms with Crippen molar-refractivity contribution in [2.24, 2.45) is 0 Å². The van der Waals surface area contributed by atoms with E-state index in [9.17, 15) is 4.79 Å². The lowest BCUT2D eigenvalue weighted by molar-refractivity contribution is 0.104. The number of carbonyl (C=O) groups is 1. The molecule has 0 aliphatic carbocycles. The van der Waals surface area contributed by atoms with E-state index in [1.54, 1.807) is 36.4 Å². The van der Waals surface area contributed by atoms with Crippen LogP contribution in [0.4, 0.5) is 0 Å². The number of ketones is 1. The maximum Gasteiger partial charge on any atom is 0.186 e. The zero-order chi connectivity index (χ0) is 17.6. The van der Waals surface area contributed by atoms with Crippen LogP contribution in [0.25, 0.3) is 6.08 Å². The van der Waals surface area contributed by atoms with Gasteiger partial charge >= 0.3 is 0 Å². The molecule has 126 valence electrons. The zero-order valence-corrected chi connectivity index (χ0v) is 15.5. The molecular weight excluding hydrogens is 404 g/mol. The molecule has 0 unspecified atom stereocenters. The number of rotatable bonds is 6. The van der Waals surface area contributed by atoms with Crippen molar-refractivity contribution in [2.75, 3.05) is 0 Å². The van der Waals surface area contributed by atoms with Crippen molar-refractivity contribution >= 4 is 39.4 Å². The Morgan fingerprint density at radius 1 is 1.12 bits per heavy atom. The fraction of sp³-hybridized carbons (Fsp3) is 0.0500. The molecule has 0 fully saturated rings. The molecule has 0 saturated heterocycles. The maximum atomic E-state index is 12.1. The third-order valence-corrected chi connectivity index (χ3v) is 4.10. The van der Waals surface area contributed by atoms with E-state index in [1.807, 2.05) is 30.3 Å².